The second kappa shape index (κ2) is 8.48. The SMILES string of the molecule is COC[C@H](C)NC(=O)c1cccc(-c2nc(N(C)C)nc3c2CCCC3)c1. The van der Waals surface area contributed by atoms with E-state index < -0.39 is 0 Å². The van der Waals surface area contributed by atoms with Gasteiger partial charge in [0, 0.05) is 49.6 Å². The number of carbonyl (C=O) groups excluding carboxylic acids is 1. The summed E-state index contributed by atoms with van der Waals surface area (Å²) in [6, 6.07) is 7.65. The predicted molar refractivity (Wildman–Crippen MR) is 107 cm³/mol. The van der Waals surface area contributed by atoms with Crippen molar-refractivity contribution < 1.29 is 9.53 Å². The molecule has 3 rings (SSSR count). The van der Waals surface area contributed by atoms with E-state index in [2.05, 4.69) is 5.32 Å². The van der Waals surface area contributed by atoms with Crippen LogP contribution in [0.2, 0.25) is 0 Å². The van der Waals surface area contributed by atoms with E-state index in [-0.39, 0.29) is 11.9 Å². The van der Waals surface area contributed by atoms with Crippen molar-refractivity contribution in [2.24, 2.45) is 0 Å². The van der Waals surface area contributed by atoms with Gasteiger partial charge in [0.05, 0.1) is 12.3 Å². The first-order chi connectivity index (χ1) is 13.0. The van der Waals surface area contributed by atoms with E-state index >= 15 is 0 Å². The van der Waals surface area contributed by atoms with Crippen LogP contribution in [-0.2, 0) is 17.6 Å². The van der Waals surface area contributed by atoms with Crippen LogP contribution in [0.1, 0.15) is 41.4 Å². The average molecular weight is 368 g/mol. The third-order valence-electron chi connectivity index (χ3n) is 4.76. The summed E-state index contributed by atoms with van der Waals surface area (Å²) in [7, 11) is 5.54. The fourth-order valence-electron chi connectivity index (χ4n) is 3.43. The minimum atomic E-state index is -0.0999. The molecule has 1 heterocycles. The number of amides is 1. The molecule has 1 amide bonds. The first-order valence-corrected chi connectivity index (χ1v) is 9.47. The molecule has 1 aromatic heterocycles. The number of aromatic nitrogens is 2. The molecule has 0 aliphatic heterocycles. The summed E-state index contributed by atoms with van der Waals surface area (Å²) in [4.78, 5) is 24.0. The minimum Gasteiger partial charge on any atom is -0.383 e. The molecule has 1 aliphatic carbocycles. The fraction of sp³-hybridized carbons (Fsp3) is 0.476. The molecule has 1 atom stereocenters. The van der Waals surface area contributed by atoms with Crippen molar-refractivity contribution >= 4 is 11.9 Å². The molecule has 0 saturated carbocycles. The topological polar surface area (TPSA) is 67.3 Å². The normalized spacial score (nSPS) is 14.4. The highest BCUT2D eigenvalue weighted by Crippen LogP contribution is 2.31. The number of nitrogens with zero attached hydrogens (tertiary/aromatic N) is 3. The zero-order valence-corrected chi connectivity index (χ0v) is 16.6. The maximum atomic E-state index is 12.6. The zero-order valence-electron chi connectivity index (χ0n) is 16.6. The molecule has 1 aromatic carbocycles. The summed E-state index contributed by atoms with van der Waals surface area (Å²) in [5.41, 5.74) is 4.90. The van der Waals surface area contributed by atoms with Gasteiger partial charge in [-0.05, 0) is 44.7 Å². The standard InChI is InChI=1S/C21H28N4O2/c1-14(13-27-4)22-20(26)16-9-7-8-15(12-16)19-17-10-5-6-11-18(17)23-21(24-19)25(2)3/h7-9,12,14H,5-6,10-11,13H2,1-4H3,(H,22,26)/t14-/m0/s1. The average Bonchev–Trinajstić information content (AvgIpc) is 2.67. The lowest BCUT2D eigenvalue weighted by Gasteiger charge is -2.21. The molecule has 6 nitrogen and oxygen atoms in total. The van der Waals surface area contributed by atoms with Crippen LogP contribution in [-0.4, -0.2) is 49.7 Å². The van der Waals surface area contributed by atoms with Crippen molar-refractivity contribution in [3.05, 3.63) is 41.1 Å². The molecular formula is C21H28N4O2. The molecule has 0 saturated heterocycles. The Hall–Kier alpha value is -2.47. The van der Waals surface area contributed by atoms with Gasteiger partial charge in [0.25, 0.3) is 5.91 Å². The van der Waals surface area contributed by atoms with E-state index in [1.54, 1.807) is 7.11 Å². The molecule has 0 bridgehead atoms. The van der Waals surface area contributed by atoms with Gasteiger partial charge in [0.15, 0.2) is 0 Å². The van der Waals surface area contributed by atoms with Gasteiger partial charge in [-0.1, -0.05) is 12.1 Å². The Labute approximate surface area is 161 Å². The Balaban J connectivity index is 1.97. The number of carbonyl (C=O) groups is 1. The predicted octanol–water partition coefficient (Wildman–Crippen LogP) is 2.85. The largest absolute Gasteiger partial charge is 0.383 e. The van der Waals surface area contributed by atoms with Crippen molar-refractivity contribution in [2.45, 2.75) is 38.6 Å². The number of anilines is 1. The third-order valence-corrected chi connectivity index (χ3v) is 4.76. The van der Waals surface area contributed by atoms with Gasteiger partial charge >= 0.3 is 0 Å². The zero-order chi connectivity index (χ0) is 19.4. The van der Waals surface area contributed by atoms with E-state index in [9.17, 15) is 4.79 Å². The number of nitrogens with one attached hydrogen (secondary N) is 1. The van der Waals surface area contributed by atoms with Gasteiger partial charge in [-0.15, -0.1) is 0 Å². The Bertz CT molecular complexity index is 820. The lowest BCUT2D eigenvalue weighted by Crippen LogP contribution is -2.35. The fourth-order valence-corrected chi connectivity index (χ4v) is 3.43. The maximum absolute atomic E-state index is 12.6. The minimum absolute atomic E-state index is 0.0432. The van der Waals surface area contributed by atoms with Crippen LogP contribution >= 0.6 is 0 Å². The molecule has 0 spiro atoms. The molecule has 0 fully saturated rings. The molecular weight excluding hydrogens is 340 g/mol. The van der Waals surface area contributed by atoms with E-state index in [4.69, 9.17) is 14.7 Å². The van der Waals surface area contributed by atoms with E-state index in [1.807, 2.05) is 50.2 Å². The summed E-state index contributed by atoms with van der Waals surface area (Å²) in [6.07, 6.45) is 4.29. The van der Waals surface area contributed by atoms with Crippen LogP contribution in [0.4, 0.5) is 5.95 Å². The first kappa shape index (κ1) is 19.3. The lowest BCUT2D eigenvalue weighted by atomic mass is 9.92. The highest BCUT2D eigenvalue weighted by molar-refractivity contribution is 5.95. The number of hydrogen-bond acceptors (Lipinski definition) is 5. The van der Waals surface area contributed by atoms with Crippen LogP contribution in [0.15, 0.2) is 24.3 Å². The monoisotopic (exact) mass is 368 g/mol. The summed E-state index contributed by atoms with van der Waals surface area (Å²) >= 11 is 0. The number of methoxy groups -OCH3 is 1. The van der Waals surface area contributed by atoms with Crippen molar-refractivity contribution in [3.63, 3.8) is 0 Å². The van der Waals surface area contributed by atoms with Crippen LogP contribution in [0, 0.1) is 0 Å². The highest BCUT2D eigenvalue weighted by Gasteiger charge is 2.20. The molecule has 0 unspecified atom stereocenters. The number of benzene rings is 1. The quantitative estimate of drug-likeness (QED) is 0.849. The van der Waals surface area contributed by atoms with Crippen molar-refractivity contribution in [1.82, 2.24) is 15.3 Å². The number of rotatable bonds is 6. The Morgan fingerprint density at radius 1 is 1.26 bits per heavy atom. The molecule has 1 N–H and O–H groups in total. The maximum Gasteiger partial charge on any atom is 0.251 e. The molecule has 6 heteroatoms. The molecule has 0 radical (unpaired) electrons. The van der Waals surface area contributed by atoms with Gasteiger partial charge in [-0.2, -0.15) is 0 Å². The molecule has 144 valence electrons. The van der Waals surface area contributed by atoms with Gasteiger partial charge in [-0.3, -0.25) is 4.79 Å². The molecule has 27 heavy (non-hydrogen) atoms. The van der Waals surface area contributed by atoms with Crippen LogP contribution < -0.4 is 10.2 Å². The number of fused-ring (bicyclic) bond motifs is 1. The number of hydrogen-bond donors (Lipinski definition) is 1. The van der Waals surface area contributed by atoms with E-state index in [0.717, 1.165) is 42.6 Å². The van der Waals surface area contributed by atoms with Gasteiger partial charge < -0.3 is 15.0 Å². The lowest BCUT2D eigenvalue weighted by molar-refractivity contribution is 0.0905. The second-order valence-electron chi connectivity index (χ2n) is 7.31. The Morgan fingerprint density at radius 2 is 2.04 bits per heavy atom. The van der Waals surface area contributed by atoms with Gasteiger partial charge in [0.1, 0.15) is 0 Å². The summed E-state index contributed by atoms with van der Waals surface area (Å²) in [5, 5.41) is 2.96. The van der Waals surface area contributed by atoms with Crippen LogP contribution in [0.5, 0.6) is 0 Å². The molecule has 2 aromatic rings. The summed E-state index contributed by atoms with van der Waals surface area (Å²) in [5.74, 6) is 0.617. The van der Waals surface area contributed by atoms with E-state index in [0.29, 0.717) is 18.1 Å². The number of ether oxygens (including phenoxy) is 1. The molecule has 1 aliphatic rings. The van der Waals surface area contributed by atoms with Crippen LogP contribution in [0.3, 0.4) is 0 Å². The summed E-state index contributed by atoms with van der Waals surface area (Å²) in [6.45, 7) is 2.41. The summed E-state index contributed by atoms with van der Waals surface area (Å²) < 4.78 is 5.09. The highest BCUT2D eigenvalue weighted by atomic mass is 16.5. The van der Waals surface area contributed by atoms with Crippen LogP contribution in [0.25, 0.3) is 11.3 Å². The van der Waals surface area contributed by atoms with Gasteiger partial charge in [0.2, 0.25) is 5.95 Å². The van der Waals surface area contributed by atoms with Crippen molar-refractivity contribution in [1.29, 1.82) is 0 Å². The third kappa shape index (κ3) is 4.45. The van der Waals surface area contributed by atoms with Crippen molar-refractivity contribution in [3.8, 4) is 11.3 Å². The second-order valence-corrected chi connectivity index (χ2v) is 7.31. The Morgan fingerprint density at radius 3 is 2.78 bits per heavy atom. The Kier molecular flexibility index (Phi) is 6.06. The van der Waals surface area contributed by atoms with Gasteiger partial charge in [-0.25, -0.2) is 9.97 Å². The number of aryl methyl sites for hydroxylation is 1. The first-order valence-electron chi connectivity index (χ1n) is 9.47. The smallest absolute Gasteiger partial charge is 0.251 e. The van der Waals surface area contributed by atoms with E-state index in [1.165, 1.54) is 5.56 Å². The van der Waals surface area contributed by atoms with Crippen molar-refractivity contribution in [2.75, 3.05) is 32.7 Å².